The first-order valence-corrected chi connectivity index (χ1v) is 15.0. The Morgan fingerprint density at radius 3 is 2.28 bits per heavy atom. The molecular weight excluding hydrogens is 420 g/mol. The van der Waals surface area contributed by atoms with Crippen molar-refractivity contribution in [1.82, 2.24) is 0 Å². The lowest BCUT2D eigenvalue weighted by molar-refractivity contribution is -0.127. The lowest BCUT2D eigenvalue weighted by atomic mass is 9.44. The summed E-state index contributed by atoms with van der Waals surface area (Å²) in [5.41, 5.74) is 0.831. The van der Waals surface area contributed by atoms with Crippen LogP contribution in [0.4, 0.5) is 0 Å². The van der Waals surface area contributed by atoms with E-state index in [4.69, 9.17) is 8.74 Å². The highest BCUT2D eigenvalue weighted by atomic mass is 32.3. The molecule has 9 atom stereocenters. The number of hydrogen-bond acceptors (Lipinski definition) is 3. The highest BCUT2D eigenvalue weighted by Crippen LogP contribution is 2.68. The smallest absolute Gasteiger partial charge is 0.264 e. The fraction of sp³-hybridized carbons (Fsp3) is 1.00. The highest BCUT2D eigenvalue weighted by Gasteiger charge is 2.60. The summed E-state index contributed by atoms with van der Waals surface area (Å²) in [5.74, 6) is 5.59. The molecule has 1 N–H and O–H groups in total. The fourth-order valence-corrected chi connectivity index (χ4v) is 10.0. The van der Waals surface area contributed by atoms with Crippen molar-refractivity contribution in [3.8, 4) is 0 Å². The molecule has 4 aliphatic rings. The van der Waals surface area contributed by atoms with Gasteiger partial charge in [0.05, 0.1) is 6.10 Å². The molecule has 0 radical (unpaired) electrons. The zero-order chi connectivity index (χ0) is 23.3. The summed E-state index contributed by atoms with van der Waals surface area (Å²) in [4.78, 5) is 0. The van der Waals surface area contributed by atoms with Crippen molar-refractivity contribution in [3.63, 3.8) is 0 Å². The third-order valence-electron chi connectivity index (χ3n) is 11.1. The Morgan fingerprint density at radius 1 is 0.906 bits per heavy atom. The Bertz CT molecular complexity index is 764. The van der Waals surface area contributed by atoms with Gasteiger partial charge in [-0.15, -0.1) is 0 Å². The van der Waals surface area contributed by atoms with Crippen molar-refractivity contribution < 1.29 is 17.2 Å². The molecule has 0 aliphatic heterocycles. The van der Waals surface area contributed by atoms with Gasteiger partial charge in [0, 0.05) is 0 Å². The molecule has 0 saturated heterocycles. The van der Waals surface area contributed by atoms with Gasteiger partial charge in [-0.05, 0) is 110 Å². The summed E-state index contributed by atoms with van der Waals surface area (Å²) < 4.78 is 36.6. The summed E-state index contributed by atoms with van der Waals surface area (Å²) in [6.45, 7) is 12.4. The second-order valence-corrected chi connectivity index (χ2v) is 14.2. The summed E-state index contributed by atoms with van der Waals surface area (Å²) in [7, 11) is -4.35. The van der Waals surface area contributed by atoms with E-state index in [1.807, 2.05) is 0 Å². The van der Waals surface area contributed by atoms with E-state index in [1.54, 1.807) is 0 Å². The average molecular weight is 469 g/mol. The molecule has 4 saturated carbocycles. The van der Waals surface area contributed by atoms with Crippen LogP contribution in [0.3, 0.4) is 0 Å². The van der Waals surface area contributed by atoms with Gasteiger partial charge in [0.15, 0.2) is 0 Å². The number of fused-ring (bicyclic) bond motifs is 5. The Labute approximate surface area is 197 Å². The quantitative estimate of drug-likeness (QED) is 0.398. The molecule has 7 unspecified atom stereocenters. The van der Waals surface area contributed by atoms with Gasteiger partial charge in [0.1, 0.15) is 0 Å². The molecule has 0 aromatic heterocycles. The van der Waals surface area contributed by atoms with E-state index in [0.717, 1.165) is 54.8 Å². The minimum Gasteiger partial charge on any atom is -0.264 e. The summed E-state index contributed by atoms with van der Waals surface area (Å²) in [6.07, 6.45) is 14.5. The predicted octanol–water partition coefficient (Wildman–Crippen LogP) is 7.30. The van der Waals surface area contributed by atoms with Gasteiger partial charge in [0.2, 0.25) is 0 Å². The van der Waals surface area contributed by atoms with Crippen LogP contribution in [0.2, 0.25) is 0 Å². The van der Waals surface area contributed by atoms with Crippen LogP contribution in [0.15, 0.2) is 0 Å². The van der Waals surface area contributed by atoms with Gasteiger partial charge >= 0.3 is 10.4 Å². The molecule has 0 aromatic rings. The van der Waals surface area contributed by atoms with E-state index < -0.39 is 10.4 Å². The van der Waals surface area contributed by atoms with Crippen LogP contribution in [0.25, 0.3) is 0 Å². The van der Waals surface area contributed by atoms with Crippen LogP contribution < -0.4 is 0 Å². The van der Waals surface area contributed by atoms with Crippen LogP contribution >= 0.6 is 0 Å². The molecule has 0 spiro atoms. The normalized spacial score (nSPS) is 45.2. The molecule has 32 heavy (non-hydrogen) atoms. The van der Waals surface area contributed by atoms with E-state index in [2.05, 4.69) is 34.6 Å². The molecule has 0 bridgehead atoms. The van der Waals surface area contributed by atoms with Crippen LogP contribution in [-0.4, -0.2) is 19.1 Å². The zero-order valence-corrected chi connectivity index (χ0v) is 22.0. The first kappa shape index (κ1) is 25.0. The summed E-state index contributed by atoms with van der Waals surface area (Å²) in [6, 6.07) is 0. The standard InChI is InChI=1S/C27H48O4S/c1-18(2)7-6-8-19(3)23-11-12-24-22-10-9-20-17-21(31-32(28,29)30)13-15-26(20,4)25(22)14-16-27(23,24)5/h18-25H,6-17H2,1-5H3,(H,28,29,30)/t19-,20+,21?,22?,23?,24?,25?,26?,27?/m1/s1. The minimum atomic E-state index is -4.35. The lowest BCUT2D eigenvalue weighted by Crippen LogP contribution is -2.54. The van der Waals surface area contributed by atoms with Gasteiger partial charge in [0.25, 0.3) is 0 Å². The maximum atomic E-state index is 11.2. The molecule has 4 fully saturated rings. The number of hydrogen-bond donors (Lipinski definition) is 1. The van der Waals surface area contributed by atoms with Gasteiger partial charge in [-0.1, -0.05) is 53.9 Å². The van der Waals surface area contributed by atoms with Crippen molar-refractivity contribution in [2.24, 2.45) is 52.3 Å². The molecule has 4 rings (SSSR count). The topological polar surface area (TPSA) is 63.6 Å². The van der Waals surface area contributed by atoms with E-state index in [-0.39, 0.29) is 6.10 Å². The zero-order valence-electron chi connectivity index (χ0n) is 21.2. The van der Waals surface area contributed by atoms with Crippen LogP contribution in [0, 0.1) is 52.3 Å². The number of rotatable bonds is 7. The van der Waals surface area contributed by atoms with Crippen LogP contribution in [0.5, 0.6) is 0 Å². The Hall–Kier alpha value is -0.130. The Balaban J connectivity index is 1.43. The highest BCUT2D eigenvalue weighted by molar-refractivity contribution is 7.80. The van der Waals surface area contributed by atoms with Crippen LogP contribution in [0.1, 0.15) is 112 Å². The van der Waals surface area contributed by atoms with E-state index in [1.165, 1.54) is 57.8 Å². The van der Waals surface area contributed by atoms with Gasteiger partial charge in [-0.3, -0.25) is 4.55 Å². The largest absolute Gasteiger partial charge is 0.397 e. The molecule has 5 heteroatoms. The van der Waals surface area contributed by atoms with Crippen molar-refractivity contribution in [3.05, 3.63) is 0 Å². The van der Waals surface area contributed by atoms with Crippen molar-refractivity contribution in [2.45, 2.75) is 118 Å². The molecule has 4 nitrogen and oxygen atoms in total. The Morgan fingerprint density at radius 2 is 1.59 bits per heavy atom. The van der Waals surface area contributed by atoms with Gasteiger partial charge < -0.3 is 0 Å². The van der Waals surface area contributed by atoms with Gasteiger partial charge in [-0.2, -0.15) is 8.42 Å². The van der Waals surface area contributed by atoms with E-state index >= 15 is 0 Å². The van der Waals surface area contributed by atoms with E-state index in [0.29, 0.717) is 16.7 Å². The first-order valence-electron chi connectivity index (χ1n) is 13.6. The second kappa shape index (κ2) is 9.15. The lowest BCUT2D eigenvalue weighted by Gasteiger charge is -2.61. The fourth-order valence-electron chi connectivity index (χ4n) is 9.50. The van der Waals surface area contributed by atoms with Crippen LogP contribution in [-0.2, 0) is 14.6 Å². The predicted molar refractivity (Wildman–Crippen MR) is 129 cm³/mol. The molecule has 0 heterocycles. The first-order chi connectivity index (χ1) is 14.9. The van der Waals surface area contributed by atoms with Crippen molar-refractivity contribution in [1.29, 1.82) is 0 Å². The van der Waals surface area contributed by atoms with Gasteiger partial charge in [-0.25, -0.2) is 4.18 Å². The summed E-state index contributed by atoms with van der Waals surface area (Å²) >= 11 is 0. The second-order valence-electron chi connectivity index (χ2n) is 13.1. The summed E-state index contributed by atoms with van der Waals surface area (Å²) in [5, 5.41) is 0. The van der Waals surface area contributed by atoms with Crippen molar-refractivity contribution in [2.75, 3.05) is 0 Å². The maximum Gasteiger partial charge on any atom is 0.397 e. The SMILES string of the molecule is CC(C)CCC[C@@H](C)C1CCC2C3CC[C@H]4CC(OS(=O)(=O)O)CCC4(C)C3CCC21C. The third-order valence-corrected chi connectivity index (χ3v) is 11.6. The van der Waals surface area contributed by atoms with Crippen molar-refractivity contribution >= 4 is 10.4 Å². The molecule has 0 aromatic carbocycles. The van der Waals surface area contributed by atoms with E-state index in [9.17, 15) is 8.42 Å². The monoisotopic (exact) mass is 468 g/mol. The third kappa shape index (κ3) is 4.69. The molecule has 0 amide bonds. The molecule has 4 aliphatic carbocycles. The minimum absolute atomic E-state index is 0.310. The maximum absolute atomic E-state index is 11.2. The molecule has 186 valence electrons. The average Bonchev–Trinajstić information content (AvgIpc) is 3.04. The molecular formula is C27H48O4S. The Kier molecular flexibility index (Phi) is 7.14.